The smallest absolute Gasteiger partial charge is 0.272 e. The number of hydrogen-bond donors (Lipinski definition) is 1. The molecule has 0 aliphatic carbocycles. The molecule has 1 saturated heterocycles. The van der Waals surface area contributed by atoms with Crippen LogP contribution in [0.5, 0.6) is 0 Å². The van der Waals surface area contributed by atoms with Crippen molar-refractivity contribution in [3.63, 3.8) is 0 Å². The monoisotopic (exact) mass is 292 g/mol. The molecule has 6 heteroatoms. The van der Waals surface area contributed by atoms with Gasteiger partial charge in [-0.15, -0.1) is 0 Å². The van der Waals surface area contributed by atoms with Crippen LogP contribution >= 0.6 is 0 Å². The molecule has 1 N–H and O–H groups in total. The Balaban J connectivity index is 2.01. The fourth-order valence-electron chi connectivity index (χ4n) is 2.29. The lowest BCUT2D eigenvalue weighted by Crippen LogP contribution is -2.41. The Labute approximate surface area is 125 Å². The van der Waals surface area contributed by atoms with Crippen molar-refractivity contribution >= 4 is 11.7 Å². The molecular weight excluding hydrogens is 268 g/mol. The highest BCUT2D eigenvalue weighted by Crippen LogP contribution is 2.11. The number of aromatic nitrogens is 2. The first-order valence-corrected chi connectivity index (χ1v) is 7.67. The van der Waals surface area contributed by atoms with E-state index in [1.165, 1.54) is 12.8 Å². The Morgan fingerprint density at radius 1 is 1.33 bits per heavy atom. The highest BCUT2D eigenvalue weighted by molar-refractivity contribution is 5.93. The van der Waals surface area contributed by atoms with Crippen molar-refractivity contribution < 1.29 is 9.53 Å². The summed E-state index contributed by atoms with van der Waals surface area (Å²) >= 11 is 0. The van der Waals surface area contributed by atoms with Gasteiger partial charge >= 0.3 is 0 Å². The van der Waals surface area contributed by atoms with Gasteiger partial charge in [0, 0.05) is 25.7 Å². The van der Waals surface area contributed by atoms with Crippen LogP contribution in [-0.2, 0) is 4.74 Å². The molecule has 1 aliphatic heterocycles. The SMILES string of the molecule is CCCCCNc1cc(C(=O)N2CCOCC2)nc(C)n1. The van der Waals surface area contributed by atoms with E-state index in [9.17, 15) is 4.79 Å². The molecule has 6 nitrogen and oxygen atoms in total. The molecule has 0 bridgehead atoms. The lowest BCUT2D eigenvalue weighted by Gasteiger charge is -2.26. The highest BCUT2D eigenvalue weighted by atomic mass is 16.5. The normalized spacial score (nSPS) is 15.0. The zero-order valence-corrected chi connectivity index (χ0v) is 12.9. The Morgan fingerprint density at radius 2 is 2.10 bits per heavy atom. The van der Waals surface area contributed by atoms with Crippen molar-refractivity contribution in [3.8, 4) is 0 Å². The van der Waals surface area contributed by atoms with E-state index in [0.717, 1.165) is 18.8 Å². The molecule has 0 radical (unpaired) electrons. The van der Waals surface area contributed by atoms with Gasteiger partial charge in [-0.2, -0.15) is 0 Å². The molecule has 0 saturated carbocycles. The quantitative estimate of drug-likeness (QED) is 0.811. The van der Waals surface area contributed by atoms with Crippen LogP contribution in [0.4, 0.5) is 5.82 Å². The number of rotatable bonds is 6. The second-order valence-electron chi connectivity index (χ2n) is 5.22. The molecule has 0 aromatic carbocycles. The summed E-state index contributed by atoms with van der Waals surface area (Å²) in [5.74, 6) is 1.31. The Hall–Kier alpha value is -1.69. The predicted molar refractivity (Wildman–Crippen MR) is 81.5 cm³/mol. The molecule has 1 aliphatic rings. The molecule has 0 unspecified atom stereocenters. The van der Waals surface area contributed by atoms with E-state index < -0.39 is 0 Å². The van der Waals surface area contributed by atoms with Crippen molar-refractivity contribution in [2.45, 2.75) is 33.1 Å². The molecule has 1 amide bonds. The van der Waals surface area contributed by atoms with E-state index in [4.69, 9.17) is 4.74 Å². The van der Waals surface area contributed by atoms with Gasteiger partial charge in [0.1, 0.15) is 17.3 Å². The number of morpholine rings is 1. The number of hydrogen-bond acceptors (Lipinski definition) is 5. The number of nitrogens with zero attached hydrogens (tertiary/aromatic N) is 3. The van der Waals surface area contributed by atoms with Crippen LogP contribution in [0.25, 0.3) is 0 Å². The van der Waals surface area contributed by atoms with E-state index in [-0.39, 0.29) is 5.91 Å². The van der Waals surface area contributed by atoms with Crippen LogP contribution in [0, 0.1) is 6.92 Å². The number of unbranched alkanes of at least 4 members (excludes halogenated alkanes) is 2. The molecule has 0 atom stereocenters. The third kappa shape index (κ3) is 4.67. The minimum atomic E-state index is -0.0413. The van der Waals surface area contributed by atoms with Crippen molar-refractivity contribution in [2.24, 2.45) is 0 Å². The van der Waals surface area contributed by atoms with Crippen LogP contribution in [0.2, 0.25) is 0 Å². The van der Waals surface area contributed by atoms with E-state index in [1.54, 1.807) is 11.0 Å². The molecule has 1 fully saturated rings. The Morgan fingerprint density at radius 3 is 2.81 bits per heavy atom. The Kier molecular flexibility index (Phi) is 5.92. The first kappa shape index (κ1) is 15.7. The molecule has 116 valence electrons. The van der Waals surface area contributed by atoms with Gasteiger partial charge in [-0.05, 0) is 13.3 Å². The number of carbonyl (C=O) groups is 1. The topological polar surface area (TPSA) is 67.4 Å². The van der Waals surface area contributed by atoms with Gasteiger partial charge in [-0.25, -0.2) is 9.97 Å². The maximum atomic E-state index is 12.4. The van der Waals surface area contributed by atoms with Gasteiger partial charge in [0.25, 0.3) is 5.91 Å². The van der Waals surface area contributed by atoms with Crippen molar-refractivity contribution in [1.82, 2.24) is 14.9 Å². The fraction of sp³-hybridized carbons (Fsp3) is 0.667. The van der Waals surface area contributed by atoms with Gasteiger partial charge in [0.15, 0.2) is 0 Å². The number of amides is 1. The summed E-state index contributed by atoms with van der Waals surface area (Å²) in [6.07, 6.45) is 3.48. The van der Waals surface area contributed by atoms with Gasteiger partial charge in [0.05, 0.1) is 13.2 Å². The number of nitrogens with one attached hydrogen (secondary N) is 1. The van der Waals surface area contributed by atoms with E-state index in [2.05, 4.69) is 22.2 Å². The first-order chi connectivity index (χ1) is 10.2. The van der Waals surface area contributed by atoms with Crippen LogP contribution in [0.3, 0.4) is 0 Å². The summed E-state index contributed by atoms with van der Waals surface area (Å²) in [5, 5.41) is 3.27. The number of ether oxygens (including phenoxy) is 1. The van der Waals surface area contributed by atoms with E-state index in [1.807, 2.05) is 6.92 Å². The lowest BCUT2D eigenvalue weighted by atomic mass is 10.2. The molecular formula is C15H24N4O2. The van der Waals surface area contributed by atoms with Crippen molar-refractivity contribution in [1.29, 1.82) is 0 Å². The lowest BCUT2D eigenvalue weighted by molar-refractivity contribution is 0.0299. The third-order valence-electron chi connectivity index (χ3n) is 3.44. The van der Waals surface area contributed by atoms with Crippen molar-refractivity contribution in [2.75, 3.05) is 38.2 Å². The molecule has 2 heterocycles. The summed E-state index contributed by atoms with van der Waals surface area (Å²) in [6.45, 7) is 7.30. The number of anilines is 1. The second kappa shape index (κ2) is 7.93. The highest BCUT2D eigenvalue weighted by Gasteiger charge is 2.20. The van der Waals surface area contributed by atoms with E-state index >= 15 is 0 Å². The molecule has 1 aromatic rings. The molecule has 21 heavy (non-hydrogen) atoms. The van der Waals surface area contributed by atoms with Crippen LogP contribution in [-0.4, -0.2) is 53.6 Å². The maximum Gasteiger partial charge on any atom is 0.272 e. The van der Waals surface area contributed by atoms with Crippen LogP contribution in [0.1, 0.15) is 42.5 Å². The number of aryl methyl sites for hydroxylation is 1. The average molecular weight is 292 g/mol. The van der Waals surface area contributed by atoms with Gasteiger partial charge in [-0.1, -0.05) is 19.8 Å². The zero-order valence-electron chi connectivity index (χ0n) is 12.9. The molecule has 0 spiro atoms. The van der Waals surface area contributed by atoms with E-state index in [0.29, 0.717) is 37.8 Å². The fourth-order valence-corrected chi connectivity index (χ4v) is 2.29. The minimum absolute atomic E-state index is 0.0413. The van der Waals surface area contributed by atoms with Crippen LogP contribution < -0.4 is 5.32 Å². The summed E-state index contributed by atoms with van der Waals surface area (Å²) in [7, 11) is 0. The zero-order chi connectivity index (χ0) is 15.1. The molecule has 1 aromatic heterocycles. The third-order valence-corrected chi connectivity index (χ3v) is 3.44. The first-order valence-electron chi connectivity index (χ1n) is 7.67. The summed E-state index contributed by atoms with van der Waals surface area (Å²) in [4.78, 5) is 22.8. The summed E-state index contributed by atoms with van der Waals surface area (Å²) in [6, 6.07) is 1.75. The summed E-state index contributed by atoms with van der Waals surface area (Å²) in [5.41, 5.74) is 0.461. The standard InChI is InChI=1S/C15H24N4O2/c1-3-4-5-6-16-14-11-13(17-12(2)18-14)15(20)19-7-9-21-10-8-19/h11H,3-10H2,1-2H3,(H,16,17,18). The van der Waals surface area contributed by atoms with Gasteiger partial charge < -0.3 is 15.0 Å². The maximum absolute atomic E-state index is 12.4. The predicted octanol–water partition coefficient (Wildman–Crippen LogP) is 1.86. The van der Waals surface area contributed by atoms with Gasteiger partial charge in [0.2, 0.25) is 0 Å². The second-order valence-corrected chi connectivity index (χ2v) is 5.22. The van der Waals surface area contributed by atoms with Crippen LogP contribution in [0.15, 0.2) is 6.07 Å². The largest absolute Gasteiger partial charge is 0.378 e. The average Bonchev–Trinajstić information content (AvgIpc) is 2.51. The van der Waals surface area contributed by atoms with Gasteiger partial charge in [-0.3, -0.25) is 4.79 Å². The molecule has 2 rings (SSSR count). The number of carbonyl (C=O) groups excluding carboxylic acids is 1. The van der Waals surface area contributed by atoms with Crippen molar-refractivity contribution in [3.05, 3.63) is 17.6 Å². The Bertz CT molecular complexity index is 473. The minimum Gasteiger partial charge on any atom is -0.378 e. The summed E-state index contributed by atoms with van der Waals surface area (Å²) < 4.78 is 5.27.